The zero-order valence-corrected chi connectivity index (χ0v) is 12.6. The average Bonchev–Trinajstić information content (AvgIpc) is 2.53. The summed E-state index contributed by atoms with van der Waals surface area (Å²) in [7, 11) is 1.63. The second-order valence-corrected chi connectivity index (χ2v) is 5.35. The lowest BCUT2D eigenvalue weighted by Crippen LogP contribution is -2.41. The SMILES string of the molecule is CCc1cc(C(=O)N2CCC(C(N)=O)CC2)ccc1OC. The Hall–Kier alpha value is -2.04. The molecule has 0 radical (unpaired) electrons. The fourth-order valence-corrected chi connectivity index (χ4v) is 2.74. The lowest BCUT2D eigenvalue weighted by Gasteiger charge is -2.30. The second-order valence-electron chi connectivity index (χ2n) is 5.35. The third-order valence-corrected chi connectivity index (χ3v) is 4.09. The quantitative estimate of drug-likeness (QED) is 0.915. The Kier molecular flexibility index (Phi) is 4.83. The van der Waals surface area contributed by atoms with Crippen molar-refractivity contribution in [2.24, 2.45) is 11.7 Å². The number of likely N-dealkylation sites (tertiary alicyclic amines) is 1. The van der Waals surface area contributed by atoms with Gasteiger partial charge in [-0.2, -0.15) is 0 Å². The number of hydrogen-bond donors (Lipinski definition) is 1. The number of carbonyl (C=O) groups is 2. The van der Waals surface area contributed by atoms with Crippen molar-refractivity contribution in [1.82, 2.24) is 4.90 Å². The van der Waals surface area contributed by atoms with Crippen LogP contribution in [-0.2, 0) is 11.2 Å². The van der Waals surface area contributed by atoms with Crippen molar-refractivity contribution in [3.63, 3.8) is 0 Å². The summed E-state index contributed by atoms with van der Waals surface area (Å²) in [5, 5.41) is 0. The molecule has 1 aromatic rings. The number of rotatable bonds is 4. The smallest absolute Gasteiger partial charge is 0.253 e. The van der Waals surface area contributed by atoms with Crippen LogP contribution < -0.4 is 10.5 Å². The molecule has 5 nitrogen and oxygen atoms in total. The maximum absolute atomic E-state index is 12.5. The van der Waals surface area contributed by atoms with Crippen LogP contribution in [0.15, 0.2) is 18.2 Å². The zero-order chi connectivity index (χ0) is 15.4. The summed E-state index contributed by atoms with van der Waals surface area (Å²) in [5.41, 5.74) is 7.01. The van der Waals surface area contributed by atoms with Gasteiger partial charge >= 0.3 is 0 Å². The molecule has 0 aliphatic carbocycles. The molecule has 2 rings (SSSR count). The molecule has 0 aromatic heterocycles. The number of hydrogen-bond acceptors (Lipinski definition) is 3. The summed E-state index contributed by atoms with van der Waals surface area (Å²) in [4.78, 5) is 25.5. The van der Waals surface area contributed by atoms with Crippen molar-refractivity contribution >= 4 is 11.8 Å². The lowest BCUT2D eigenvalue weighted by molar-refractivity contribution is -0.123. The van der Waals surface area contributed by atoms with Crippen LogP contribution in [0.3, 0.4) is 0 Å². The van der Waals surface area contributed by atoms with Gasteiger partial charge in [0.1, 0.15) is 5.75 Å². The Labute approximate surface area is 125 Å². The first-order valence-corrected chi connectivity index (χ1v) is 7.32. The normalized spacial score (nSPS) is 15.8. The molecule has 1 aliphatic heterocycles. The van der Waals surface area contributed by atoms with Gasteiger partial charge in [0.2, 0.25) is 5.91 Å². The number of nitrogens with two attached hydrogens (primary N) is 1. The highest BCUT2D eigenvalue weighted by Crippen LogP contribution is 2.23. The lowest BCUT2D eigenvalue weighted by atomic mass is 9.95. The topological polar surface area (TPSA) is 72.6 Å². The number of carbonyl (C=O) groups excluding carboxylic acids is 2. The molecular weight excluding hydrogens is 268 g/mol. The van der Waals surface area contributed by atoms with Gasteiger partial charge in [-0.25, -0.2) is 0 Å². The molecule has 21 heavy (non-hydrogen) atoms. The summed E-state index contributed by atoms with van der Waals surface area (Å²) in [6.07, 6.45) is 2.11. The Balaban J connectivity index is 2.09. The molecule has 1 heterocycles. The molecule has 1 saturated heterocycles. The van der Waals surface area contributed by atoms with E-state index in [1.807, 2.05) is 19.1 Å². The van der Waals surface area contributed by atoms with Crippen molar-refractivity contribution in [1.29, 1.82) is 0 Å². The number of piperidine rings is 1. The molecule has 1 fully saturated rings. The van der Waals surface area contributed by atoms with E-state index in [1.54, 1.807) is 18.1 Å². The van der Waals surface area contributed by atoms with Crippen molar-refractivity contribution in [2.75, 3.05) is 20.2 Å². The fraction of sp³-hybridized carbons (Fsp3) is 0.500. The molecular formula is C16H22N2O3. The number of amides is 2. The molecule has 2 amide bonds. The van der Waals surface area contributed by atoms with E-state index in [0.29, 0.717) is 31.5 Å². The number of primary amides is 1. The third kappa shape index (κ3) is 3.35. The first-order chi connectivity index (χ1) is 10.1. The van der Waals surface area contributed by atoms with Crippen LogP contribution >= 0.6 is 0 Å². The first kappa shape index (κ1) is 15.4. The summed E-state index contributed by atoms with van der Waals surface area (Å²) < 4.78 is 5.28. The largest absolute Gasteiger partial charge is 0.496 e. The molecule has 0 atom stereocenters. The van der Waals surface area contributed by atoms with Gasteiger partial charge in [0.25, 0.3) is 5.91 Å². The van der Waals surface area contributed by atoms with Crippen molar-refractivity contribution in [2.45, 2.75) is 26.2 Å². The Morgan fingerprint density at radius 1 is 1.33 bits per heavy atom. The number of ether oxygens (including phenoxy) is 1. The van der Waals surface area contributed by atoms with Crippen molar-refractivity contribution in [3.8, 4) is 5.75 Å². The number of methoxy groups -OCH3 is 1. The van der Waals surface area contributed by atoms with E-state index in [9.17, 15) is 9.59 Å². The summed E-state index contributed by atoms with van der Waals surface area (Å²) in [5.74, 6) is 0.452. The molecule has 0 spiro atoms. The second kappa shape index (κ2) is 6.61. The van der Waals surface area contributed by atoms with E-state index in [0.717, 1.165) is 17.7 Å². The zero-order valence-electron chi connectivity index (χ0n) is 12.6. The van der Waals surface area contributed by atoms with E-state index in [-0.39, 0.29) is 17.7 Å². The summed E-state index contributed by atoms with van der Waals surface area (Å²) in [6, 6.07) is 5.52. The van der Waals surface area contributed by atoms with Crippen LogP contribution in [0, 0.1) is 5.92 Å². The molecule has 0 saturated carbocycles. The fourth-order valence-electron chi connectivity index (χ4n) is 2.74. The highest BCUT2D eigenvalue weighted by Gasteiger charge is 2.26. The molecule has 114 valence electrons. The summed E-state index contributed by atoms with van der Waals surface area (Å²) >= 11 is 0. The number of nitrogens with zero attached hydrogens (tertiary/aromatic N) is 1. The molecule has 2 N–H and O–H groups in total. The minimum atomic E-state index is -0.264. The van der Waals surface area contributed by atoms with Gasteiger partial charge in [-0.3, -0.25) is 9.59 Å². The van der Waals surface area contributed by atoms with E-state index >= 15 is 0 Å². The average molecular weight is 290 g/mol. The van der Waals surface area contributed by atoms with Crippen LogP contribution in [-0.4, -0.2) is 36.9 Å². The Morgan fingerprint density at radius 3 is 2.52 bits per heavy atom. The molecule has 1 aliphatic rings. The van der Waals surface area contributed by atoms with Crippen LogP contribution in [0.2, 0.25) is 0 Å². The Bertz CT molecular complexity index is 534. The van der Waals surface area contributed by atoms with Crippen LogP contribution in [0.5, 0.6) is 5.75 Å². The first-order valence-electron chi connectivity index (χ1n) is 7.32. The van der Waals surface area contributed by atoms with E-state index in [1.165, 1.54) is 0 Å². The van der Waals surface area contributed by atoms with Crippen LogP contribution in [0.4, 0.5) is 0 Å². The van der Waals surface area contributed by atoms with Crippen LogP contribution in [0.25, 0.3) is 0 Å². The number of benzene rings is 1. The van der Waals surface area contributed by atoms with E-state index < -0.39 is 0 Å². The van der Waals surface area contributed by atoms with Gasteiger partial charge in [0.05, 0.1) is 7.11 Å². The molecule has 0 bridgehead atoms. The van der Waals surface area contributed by atoms with Gasteiger partial charge in [0.15, 0.2) is 0 Å². The Morgan fingerprint density at radius 2 is 2.00 bits per heavy atom. The van der Waals surface area contributed by atoms with E-state index in [4.69, 9.17) is 10.5 Å². The minimum absolute atomic E-state index is 0.00951. The highest BCUT2D eigenvalue weighted by atomic mass is 16.5. The molecule has 0 unspecified atom stereocenters. The van der Waals surface area contributed by atoms with E-state index in [2.05, 4.69) is 0 Å². The molecule has 1 aromatic carbocycles. The maximum atomic E-state index is 12.5. The summed E-state index contributed by atoms with van der Waals surface area (Å²) in [6.45, 7) is 3.20. The predicted octanol–water partition coefficient (Wildman–Crippen LogP) is 1.60. The van der Waals surface area contributed by atoms with Gasteiger partial charge in [-0.1, -0.05) is 6.92 Å². The van der Waals surface area contributed by atoms with Crippen molar-refractivity contribution < 1.29 is 14.3 Å². The minimum Gasteiger partial charge on any atom is -0.496 e. The van der Waals surface area contributed by atoms with Crippen molar-refractivity contribution in [3.05, 3.63) is 29.3 Å². The standard InChI is InChI=1S/C16H22N2O3/c1-3-11-10-13(4-5-14(11)21-2)16(20)18-8-6-12(7-9-18)15(17)19/h4-5,10,12H,3,6-9H2,1-2H3,(H2,17,19). The molecule has 5 heteroatoms. The van der Waals surface area contributed by atoms with Gasteiger partial charge in [0, 0.05) is 24.6 Å². The third-order valence-electron chi connectivity index (χ3n) is 4.09. The monoisotopic (exact) mass is 290 g/mol. The highest BCUT2D eigenvalue weighted by molar-refractivity contribution is 5.94. The number of aryl methyl sites for hydroxylation is 1. The van der Waals surface area contributed by atoms with Crippen LogP contribution in [0.1, 0.15) is 35.7 Å². The maximum Gasteiger partial charge on any atom is 0.253 e. The van der Waals surface area contributed by atoms with Gasteiger partial charge in [-0.15, -0.1) is 0 Å². The van der Waals surface area contributed by atoms with Gasteiger partial charge in [-0.05, 0) is 43.0 Å². The van der Waals surface area contributed by atoms with Gasteiger partial charge < -0.3 is 15.4 Å². The predicted molar refractivity (Wildman–Crippen MR) is 80.2 cm³/mol.